The molecule has 1 heterocycles. The molecule has 0 saturated carbocycles. The van der Waals surface area contributed by atoms with Crippen molar-refractivity contribution in [2.24, 2.45) is 0 Å². The molecule has 1 aliphatic rings. The molecule has 0 unspecified atom stereocenters. The first kappa shape index (κ1) is 13.8. The fraction of sp³-hybridized carbons (Fsp3) is 0.250. The van der Waals surface area contributed by atoms with Crippen molar-refractivity contribution in [1.29, 1.82) is 5.26 Å². The van der Waals surface area contributed by atoms with E-state index in [2.05, 4.69) is 5.32 Å². The molecule has 0 radical (unpaired) electrons. The number of sulfone groups is 1. The van der Waals surface area contributed by atoms with Gasteiger partial charge < -0.3 is 5.32 Å². The molecule has 0 aliphatic carbocycles. The topological polar surface area (TPSA) is 70.0 Å². The lowest BCUT2D eigenvalue weighted by Crippen LogP contribution is -2.14. The van der Waals surface area contributed by atoms with Crippen LogP contribution in [0.1, 0.15) is 12.8 Å². The normalized spacial score (nSPS) is 17.7. The molecule has 4 nitrogen and oxygen atoms in total. The first-order chi connectivity index (χ1) is 8.96. The predicted octanol–water partition coefficient (Wildman–Crippen LogP) is 2.37. The molecule has 1 aromatic rings. The van der Waals surface area contributed by atoms with Crippen LogP contribution in [0.5, 0.6) is 0 Å². The second-order valence-electron chi connectivity index (χ2n) is 4.03. The summed E-state index contributed by atoms with van der Waals surface area (Å²) in [5, 5.41) is 12.0. The molecule has 19 heavy (non-hydrogen) atoms. The third kappa shape index (κ3) is 2.57. The number of hydrogen-bond donors (Lipinski definition) is 1. The first-order valence-corrected chi connectivity index (χ1v) is 7.40. The Balaban J connectivity index is 2.62. The monoisotopic (exact) mass is 300 g/mol. The maximum Gasteiger partial charge on any atom is 0.221 e. The molecular formula is C12H10ClFN2O2S. The summed E-state index contributed by atoms with van der Waals surface area (Å²) in [7, 11) is -4.19. The zero-order valence-corrected chi connectivity index (χ0v) is 11.4. The molecule has 1 aromatic carbocycles. The van der Waals surface area contributed by atoms with Crippen molar-refractivity contribution in [2.45, 2.75) is 17.7 Å². The highest BCUT2D eigenvalue weighted by Crippen LogP contribution is 2.28. The Morgan fingerprint density at radius 3 is 2.79 bits per heavy atom. The van der Waals surface area contributed by atoms with E-state index in [1.54, 1.807) is 6.07 Å². The van der Waals surface area contributed by atoms with Crippen LogP contribution in [0, 0.1) is 17.1 Å². The Morgan fingerprint density at radius 1 is 1.47 bits per heavy atom. The third-order valence-corrected chi connectivity index (χ3v) is 4.77. The van der Waals surface area contributed by atoms with Crippen molar-refractivity contribution in [3.8, 4) is 6.07 Å². The molecule has 7 heteroatoms. The summed E-state index contributed by atoms with van der Waals surface area (Å²) in [5.74, 6) is -0.921. The van der Waals surface area contributed by atoms with Crippen molar-refractivity contribution < 1.29 is 12.8 Å². The number of nitrogens with one attached hydrogen (secondary N) is 1. The largest absolute Gasteiger partial charge is 0.387 e. The van der Waals surface area contributed by atoms with Gasteiger partial charge in [-0.1, -0.05) is 11.6 Å². The Bertz CT molecular complexity index is 684. The van der Waals surface area contributed by atoms with Gasteiger partial charge in [-0.15, -0.1) is 0 Å². The van der Waals surface area contributed by atoms with Crippen LogP contribution in [0.2, 0.25) is 5.02 Å². The highest BCUT2D eigenvalue weighted by molar-refractivity contribution is 7.95. The summed E-state index contributed by atoms with van der Waals surface area (Å²) < 4.78 is 38.3. The van der Waals surface area contributed by atoms with Crippen LogP contribution in [0.25, 0.3) is 0 Å². The molecule has 0 aromatic heterocycles. The lowest BCUT2D eigenvalue weighted by molar-refractivity contribution is 0.571. The van der Waals surface area contributed by atoms with Gasteiger partial charge in [0.2, 0.25) is 9.84 Å². The number of rotatable bonds is 2. The summed E-state index contributed by atoms with van der Waals surface area (Å²) in [4.78, 5) is -1.01. The van der Waals surface area contributed by atoms with E-state index in [1.165, 1.54) is 6.07 Å². The minimum absolute atomic E-state index is 0.0987. The Hall–Kier alpha value is -1.58. The smallest absolute Gasteiger partial charge is 0.221 e. The second kappa shape index (κ2) is 5.19. The van der Waals surface area contributed by atoms with Gasteiger partial charge in [0, 0.05) is 17.3 Å². The van der Waals surface area contributed by atoms with Crippen molar-refractivity contribution >= 4 is 21.4 Å². The average Bonchev–Trinajstić information content (AvgIpc) is 2.86. The van der Waals surface area contributed by atoms with E-state index < -0.39 is 25.5 Å². The van der Waals surface area contributed by atoms with Crippen LogP contribution in [-0.4, -0.2) is 15.0 Å². The minimum Gasteiger partial charge on any atom is -0.387 e. The van der Waals surface area contributed by atoms with Crippen LogP contribution in [0.15, 0.2) is 33.7 Å². The number of benzene rings is 1. The number of halogens is 2. The zero-order chi connectivity index (χ0) is 14.0. The number of nitrogens with zero attached hydrogens (tertiary/aromatic N) is 1. The van der Waals surface area contributed by atoms with E-state index in [4.69, 9.17) is 16.9 Å². The van der Waals surface area contributed by atoms with Gasteiger partial charge in [-0.2, -0.15) is 5.26 Å². The molecule has 1 N–H and O–H groups in total. The number of hydrogen-bond acceptors (Lipinski definition) is 4. The van der Waals surface area contributed by atoms with E-state index in [0.717, 1.165) is 18.6 Å². The molecule has 0 atom stereocenters. The Kier molecular flexibility index (Phi) is 3.78. The molecule has 0 amide bonds. The molecule has 1 saturated heterocycles. The van der Waals surface area contributed by atoms with Gasteiger partial charge in [-0.25, -0.2) is 12.8 Å². The standard InChI is InChI=1S/C12H10ClFN2O2S/c13-8-3-4-9(14)11(6-8)19(17,18)12(7-15)10-2-1-5-16-10/h3-4,6,16H,1-2,5H2/b12-10+. The molecule has 0 bridgehead atoms. The molecule has 1 fully saturated rings. The summed E-state index contributed by atoms with van der Waals surface area (Å²) in [6, 6.07) is 4.88. The van der Waals surface area contributed by atoms with Crippen molar-refractivity contribution in [2.75, 3.05) is 6.54 Å². The zero-order valence-electron chi connectivity index (χ0n) is 9.78. The average molecular weight is 301 g/mol. The molecule has 0 spiro atoms. The Labute approximate surface area is 115 Å². The number of allylic oxidation sites excluding steroid dienone is 2. The minimum atomic E-state index is -4.19. The molecule has 1 aliphatic heterocycles. The maximum absolute atomic E-state index is 13.7. The summed E-state index contributed by atoms with van der Waals surface area (Å²) in [6.45, 7) is 0.605. The fourth-order valence-corrected chi connectivity index (χ4v) is 3.55. The van der Waals surface area contributed by atoms with Gasteiger partial charge in [0.25, 0.3) is 0 Å². The molecular weight excluding hydrogens is 291 g/mol. The van der Waals surface area contributed by atoms with Crippen molar-refractivity contribution in [3.63, 3.8) is 0 Å². The molecule has 2 rings (SSSR count). The van der Waals surface area contributed by atoms with E-state index in [1.807, 2.05) is 0 Å². The van der Waals surface area contributed by atoms with Gasteiger partial charge in [0.15, 0.2) is 4.91 Å². The second-order valence-corrected chi connectivity index (χ2v) is 6.32. The van der Waals surface area contributed by atoms with Crippen LogP contribution >= 0.6 is 11.6 Å². The van der Waals surface area contributed by atoms with Gasteiger partial charge in [-0.05, 0) is 31.0 Å². The van der Waals surface area contributed by atoms with Gasteiger partial charge in [0.05, 0.1) is 0 Å². The van der Waals surface area contributed by atoms with E-state index in [-0.39, 0.29) is 5.02 Å². The predicted molar refractivity (Wildman–Crippen MR) is 68.5 cm³/mol. The van der Waals surface area contributed by atoms with E-state index >= 15 is 0 Å². The third-order valence-electron chi connectivity index (χ3n) is 2.77. The summed E-state index contributed by atoms with van der Waals surface area (Å²) in [5.41, 5.74) is 0.335. The summed E-state index contributed by atoms with van der Waals surface area (Å²) in [6.07, 6.45) is 1.21. The summed E-state index contributed by atoms with van der Waals surface area (Å²) >= 11 is 5.68. The van der Waals surface area contributed by atoms with Gasteiger partial charge in [-0.3, -0.25) is 0 Å². The maximum atomic E-state index is 13.7. The lowest BCUT2D eigenvalue weighted by Gasteiger charge is -2.08. The SMILES string of the molecule is N#C/C(=C1/CCCN1)S(=O)(=O)c1cc(Cl)ccc1F. The van der Waals surface area contributed by atoms with Crippen LogP contribution in [0.4, 0.5) is 4.39 Å². The highest BCUT2D eigenvalue weighted by atomic mass is 35.5. The van der Waals surface area contributed by atoms with Gasteiger partial charge >= 0.3 is 0 Å². The lowest BCUT2D eigenvalue weighted by atomic mass is 10.3. The first-order valence-electron chi connectivity index (χ1n) is 5.54. The molecule has 100 valence electrons. The highest BCUT2D eigenvalue weighted by Gasteiger charge is 2.29. The van der Waals surface area contributed by atoms with Gasteiger partial charge in [0.1, 0.15) is 16.8 Å². The quantitative estimate of drug-likeness (QED) is 0.851. The van der Waals surface area contributed by atoms with Crippen LogP contribution in [0.3, 0.4) is 0 Å². The van der Waals surface area contributed by atoms with E-state index in [0.29, 0.717) is 18.7 Å². The van der Waals surface area contributed by atoms with Crippen LogP contribution in [-0.2, 0) is 9.84 Å². The van der Waals surface area contributed by atoms with Crippen molar-refractivity contribution in [1.82, 2.24) is 5.32 Å². The van der Waals surface area contributed by atoms with Crippen molar-refractivity contribution in [3.05, 3.63) is 39.6 Å². The Morgan fingerprint density at radius 2 is 2.21 bits per heavy atom. The fourth-order valence-electron chi connectivity index (χ4n) is 1.87. The number of nitriles is 1. The van der Waals surface area contributed by atoms with E-state index in [9.17, 15) is 12.8 Å². The van der Waals surface area contributed by atoms with Crippen LogP contribution < -0.4 is 5.32 Å².